The molecule has 1 aromatic carbocycles. The number of hydrogen-bond acceptors (Lipinski definition) is 2. The number of nitrogens with zero attached hydrogens (tertiary/aromatic N) is 2. The molecule has 3 N–H and O–H groups in total. The number of pyridine rings is 1. The van der Waals surface area contributed by atoms with Gasteiger partial charge in [0, 0.05) is 34.4 Å². The Morgan fingerprint density at radius 2 is 2.19 bits per heavy atom. The molecule has 4 nitrogen and oxygen atoms in total. The fourth-order valence-electron chi connectivity index (χ4n) is 1.74. The van der Waals surface area contributed by atoms with Crippen molar-refractivity contribution in [1.29, 1.82) is 0 Å². The van der Waals surface area contributed by atoms with Crippen LogP contribution < -0.4 is 11.1 Å². The van der Waals surface area contributed by atoms with E-state index in [1.807, 2.05) is 36.4 Å². The van der Waals surface area contributed by atoms with Crippen LogP contribution in [0, 0.1) is 0 Å². The topological polar surface area (TPSA) is 63.3 Å². The average Bonchev–Trinajstić information content (AvgIpc) is 2.47. The van der Waals surface area contributed by atoms with Crippen LogP contribution in [-0.2, 0) is 13.0 Å². The zero-order valence-electron chi connectivity index (χ0n) is 11.4. The molecule has 0 aliphatic rings. The highest BCUT2D eigenvalue weighted by atomic mass is 79.9. The number of nitrogens with one attached hydrogen (secondary N) is 1. The predicted molar refractivity (Wildman–Crippen MR) is 90.4 cm³/mol. The van der Waals surface area contributed by atoms with Crippen molar-refractivity contribution >= 4 is 33.5 Å². The van der Waals surface area contributed by atoms with Crippen molar-refractivity contribution in [2.45, 2.75) is 13.0 Å². The van der Waals surface area contributed by atoms with Crippen molar-refractivity contribution in [3.8, 4) is 0 Å². The van der Waals surface area contributed by atoms with Crippen LogP contribution in [0.2, 0.25) is 5.02 Å². The van der Waals surface area contributed by atoms with Gasteiger partial charge in [-0.3, -0.25) is 4.98 Å². The Morgan fingerprint density at radius 1 is 1.33 bits per heavy atom. The number of guanidine groups is 1. The molecule has 2 aromatic rings. The molecule has 0 atom stereocenters. The molecule has 0 amide bonds. The molecule has 0 unspecified atom stereocenters. The molecule has 0 aliphatic heterocycles. The summed E-state index contributed by atoms with van der Waals surface area (Å²) in [5, 5.41) is 3.74. The Labute approximate surface area is 137 Å². The lowest BCUT2D eigenvalue weighted by Crippen LogP contribution is -2.33. The van der Waals surface area contributed by atoms with Gasteiger partial charge in [0.2, 0.25) is 0 Å². The van der Waals surface area contributed by atoms with Crippen molar-refractivity contribution < 1.29 is 0 Å². The number of nitrogens with two attached hydrogens (primary N) is 1. The van der Waals surface area contributed by atoms with E-state index >= 15 is 0 Å². The van der Waals surface area contributed by atoms with Gasteiger partial charge in [0.15, 0.2) is 5.96 Å². The first kappa shape index (κ1) is 15.8. The van der Waals surface area contributed by atoms with Gasteiger partial charge in [-0.2, -0.15) is 0 Å². The zero-order valence-corrected chi connectivity index (χ0v) is 13.7. The summed E-state index contributed by atoms with van der Waals surface area (Å²) in [5.74, 6) is 0.407. The minimum Gasteiger partial charge on any atom is -0.370 e. The van der Waals surface area contributed by atoms with Crippen LogP contribution in [0.3, 0.4) is 0 Å². The van der Waals surface area contributed by atoms with E-state index < -0.39 is 0 Å². The number of aliphatic imine (C=N–C) groups is 1. The van der Waals surface area contributed by atoms with E-state index in [9.17, 15) is 0 Å². The molecule has 0 bridgehead atoms. The summed E-state index contributed by atoms with van der Waals surface area (Å²) >= 11 is 9.50. The maximum Gasteiger partial charge on any atom is 0.188 e. The van der Waals surface area contributed by atoms with Gasteiger partial charge in [-0.1, -0.05) is 39.7 Å². The molecule has 21 heavy (non-hydrogen) atoms. The third-order valence-corrected chi connectivity index (χ3v) is 3.69. The van der Waals surface area contributed by atoms with Crippen molar-refractivity contribution in [2.75, 3.05) is 6.54 Å². The third-order valence-electron chi connectivity index (χ3n) is 2.85. The summed E-state index contributed by atoms with van der Waals surface area (Å²) < 4.78 is 0.946. The average molecular weight is 368 g/mol. The summed E-state index contributed by atoms with van der Waals surface area (Å²) in [7, 11) is 0. The van der Waals surface area contributed by atoms with Gasteiger partial charge in [-0.05, 0) is 29.8 Å². The molecular formula is C15H16BrClN4. The number of aromatic nitrogens is 1. The molecule has 0 saturated carbocycles. The van der Waals surface area contributed by atoms with Crippen LogP contribution in [0.15, 0.2) is 52.1 Å². The highest BCUT2D eigenvalue weighted by Crippen LogP contribution is 2.21. The molecule has 0 saturated heterocycles. The van der Waals surface area contributed by atoms with Crippen molar-refractivity contribution in [3.63, 3.8) is 0 Å². The van der Waals surface area contributed by atoms with Crippen molar-refractivity contribution in [2.24, 2.45) is 10.7 Å². The summed E-state index contributed by atoms with van der Waals surface area (Å²) in [6.45, 7) is 1.15. The standard InChI is InChI=1S/C15H16BrClN4/c16-12-5-4-11(14(17)9-12)10-21-15(18)20-8-6-13-3-1-2-7-19-13/h1-5,7,9H,6,8,10H2,(H3,18,20,21). The van der Waals surface area contributed by atoms with E-state index in [0.29, 0.717) is 24.1 Å². The minimum atomic E-state index is 0.407. The monoisotopic (exact) mass is 366 g/mol. The minimum absolute atomic E-state index is 0.407. The first-order valence-electron chi connectivity index (χ1n) is 6.53. The highest BCUT2D eigenvalue weighted by molar-refractivity contribution is 9.10. The second-order valence-electron chi connectivity index (χ2n) is 4.44. The van der Waals surface area contributed by atoms with Crippen molar-refractivity contribution in [1.82, 2.24) is 10.3 Å². The smallest absolute Gasteiger partial charge is 0.188 e. The van der Waals surface area contributed by atoms with Crippen LogP contribution >= 0.6 is 27.5 Å². The molecule has 0 spiro atoms. The fourth-order valence-corrected chi connectivity index (χ4v) is 2.47. The largest absolute Gasteiger partial charge is 0.370 e. The van der Waals surface area contributed by atoms with E-state index in [4.69, 9.17) is 17.3 Å². The first-order valence-corrected chi connectivity index (χ1v) is 7.70. The molecule has 1 heterocycles. The van der Waals surface area contributed by atoms with Crippen LogP contribution in [0.25, 0.3) is 0 Å². The van der Waals surface area contributed by atoms with Crippen molar-refractivity contribution in [3.05, 3.63) is 63.3 Å². The molecule has 0 aliphatic carbocycles. The number of rotatable bonds is 5. The van der Waals surface area contributed by atoms with E-state index in [1.165, 1.54) is 0 Å². The molecule has 6 heteroatoms. The quantitative estimate of drug-likeness (QED) is 0.630. The predicted octanol–water partition coefficient (Wildman–Crippen LogP) is 3.14. The SMILES string of the molecule is NC(=NCc1ccc(Br)cc1Cl)NCCc1ccccn1. The number of hydrogen-bond donors (Lipinski definition) is 2. The fraction of sp³-hybridized carbons (Fsp3) is 0.200. The Hall–Kier alpha value is -1.59. The van der Waals surface area contributed by atoms with Gasteiger partial charge in [0.25, 0.3) is 0 Å². The number of benzene rings is 1. The third kappa shape index (κ3) is 5.36. The van der Waals surface area contributed by atoms with Crippen LogP contribution in [-0.4, -0.2) is 17.5 Å². The molecule has 110 valence electrons. The summed E-state index contributed by atoms with van der Waals surface area (Å²) in [6.07, 6.45) is 2.58. The lowest BCUT2D eigenvalue weighted by molar-refractivity contribution is 0.827. The van der Waals surface area contributed by atoms with Gasteiger partial charge in [0.1, 0.15) is 0 Å². The summed E-state index contributed by atoms with van der Waals surface area (Å²) in [5.41, 5.74) is 7.79. The van der Waals surface area contributed by atoms with E-state index in [-0.39, 0.29) is 0 Å². The van der Waals surface area contributed by atoms with E-state index in [1.54, 1.807) is 6.20 Å². The Balaban J connectivity index is 1.81. The van der Waals surface area contributed by atoms with Crippen LogP contribution in [0.4, 0.5) is 0 Å². The Bertz CT molecular complexity index is 616. The summed E-state index contributed by atoms with van der Waals surface area (Å²) in [4.78, 5) is 8.53. The normalized spacial score (nSPS) is 11.4. The van der Waals surface area contributed by atoms with Crippen LogP contribution in [0.1, 0.15) is 11.3 Å². The highest BCUT2D eigenvalue weighted by Gasteiger charge is 2.01. The van der Waals surface area contributed by atoms with Gasteiger partial charge >= 0.3 is 0 Å². The maximum absolute atomic E-state index is 6.13. The van der Waals surface area contributed by atoms with E-state index in [2.05, 4.69) is 31.2 Å². The Kier molecular flexibility index (Phi) is 6.02. The molecule has 2 rings (SSSR count). The maximum atomic E-state index is 6.13. The van der Waals surface area contributed by atoms with Gasteiger partial charge in [0.05, 0.1) is 6.54 Å². The Morgan fingerprint density at radius 3 is 2.90 bits per heavy atom. The second-order valence-corrected chi connectivity index (χ2v) is 5.76. The lowest BCUT2D eigenvalue weighted by atomic mass is 10.2. The summed E-state index contributed by atoms with van der Waals surface area (Å²) in [6, 6.07) is 11.6. The molecular weight excluding hydrogens is 352 g/mol. The number of halogens is 2. The molecule has 1 aromatic heterocycles. The van der Waals surface area contributed by atoms with E-state index in [0.717, 1.165) is 22.2 Å². The van der Waals surface area contributed by atoms with Gasteiger partial charge in [-0.15, -0.1) is 0 Å². The molecule has 0 fully saturated rings. The zero-order chi connectivity index (χ0) is 15.1. The second kappa shape index (κ2) is 8.00. The molecule has 0 radical (unpaired) electrons. The van der Waals surface area contributed by atoms with Gasteiger partial charge < -0.3 is 11.1 Å². The lowest BCUT2D eigenvalue weighted by Gasteiger charge is -2.06. The van der Waals surface area contributed by atoms with Crippen LogP contribution in [0.5, 0.6) is 0 Å². The van der Waals surface area contributed by atoms with Gasteiger partial charge in [-0.25, -0.2) is 4.99 Å². The first-order chi connectivity index (χ1) is 10.1.